The molecule has 0 radical (unpaired) electrons. The Morgan fingerprint density at radius 1 is 1.17 bits per heavy atom. The molecular formula is C15H18N2O. The van der Waals surface area contributed by atoms with Gasteiger partial charge in [-0.1, -0.05) is 30.3 Å². The number of hydrogen-bond donors (Lipinski definition) is 1. The molecule has 1 aromatic heterocycles. The van der Waals surface area contributed by atoms with E-state index in [1.54, 1.807) is 0 Å². The number of amides is 1. The summed E-state index contributed by atoms with van der Waals surface area (Å²) in [4.78, 5) is 11.9. The van der Waals surface area contributed by atoms with E-state index in [-0.39, 0.29) is 11.9 Å². The van der Waals surface area contributed by atoms with Crippen LogP contribution in [0.2, 0.25) is 0 Å². The van der Waals surface area contributed by atoms with Gasteiger partial charge >= 0.3 is 0 Å². The molecule has 1 amide bonds. The van der Waals surface area contributed by atoms with Gasteiger partial charge in [0.05, 0.1) is 0 Å². The molecule has 3 heteroatoms. The molecule has 2 aromatic rings. The average molecular weight is 242 g/mol. The Hall–Kier alpha value is -2.03. The van der Waals surface area contributed by atoms with E-state index < -0.39 is 0 Å². The average Bonchev–Trinajstić information content (AvgIpc) is 2.93. The lowest BCUT2D eigenvalue weighted by atomic mass is 10.1. The van der Waals surface area contributed by atoms with Crippen molar-refractivity contribution < 1.29 is 4.79 Å². The summed E-state index contributed by atoms with van der Waals surface area (Å²) in [5.41, 5.74) is 1.24. The molecule has 1 N–H and O–H groups in total. The number of carbonyl (C=O) groups is 1. The summed E-state index contributed by atoms with van der Waals surface area (Å²) in [6.07, 6.45) is 4.67. The van der Waals surface area contributed by atoms with Crippen LogP contribution in [0, 0.1) is 0 Å². The number of carbonyl (C=O) groups excluding carboxylic acids is 1. The summed E-state index contributed by atoms with van der Waals surface area (Å²) < 4.78 is 1.90. The molecule has 2 rings (SSSR count). The van der Waals surface area contributed by atoms with Crippen LogP contribution in [0.25, 0.3) is 0 Å². The standard InChI is InChI=1S/C15H18N2O/c1-13(17-11-5-6-12-17)15(18)16-10-9-14-7-3-2-4-8-14/h2-8,11-13H,9-10H2,1H3,(H,16,18). The first-order valence-electron chi connectivity index (χ1n) is 6.21. The Morgan fingerprint density at radius 2 is 1.83 bits per heavy atom. The van der Waals surface area contributed by atoms with E-state index in [2.05, 4.69) is 17.4 Å². The van der Waals surface area contributed by atoms with E-state index in [0.717, 1.165) is 6.42 Å². The van der Waals surface area contributed by atoms with Gasteiger partial charge in [-0.15, -0.1) is 0 Å². The van der Waals surface area contributed by atoms with Crippen molar-refractivity contribution in [2.45, 2.75) is 19.4 Å². The molecule has 3 nitrogen and oxygen atoms in total. The third-order valence-electron chi connectivity index (χ3n) is 3.01. The molecule has 0 saturated heterocycles. The molecule has 18 heavy (non-hydrogen) atoms. The van der Waals surface area contributed by atoms with Crippen LogP contribution in [0.1, 0.15) is 18.5 Å². The molecule has 1 heterocycles. The number of rotatable bonds is 5. The van der Waals surface area contributed by atoms with Gasteiger partial charge in [-0.05, 0) is 31.0 Å². The minimum absolute atomic E-state index is 0.0575. The zero-order chi connectivity index (χ0) is 12.8. The lowest BCUT2D eigenvalue weighted by Gasteiger charge is -2.13. The molecule has 0 saturated carbocycles. The SMILES string of the molecule is CC(C(=O)NCCc1ccccc1)n1cccc1. The van der Waals surface area contributed by atoms with Crippen LogP contribution in [-0.2, 0) is 11.2 Å². The predicted octanol–water partition coefficient (Wildman–Crippen LogP) is 2.41. The largest absolute Gasteiger partial charge is 0.354 e. The highest BCUT2D eigenvalue weighted by Gasteiger charge is 2.12. The van der Waals surface area contributed by atoms with E-state index in [1.807, 2.05) is 54.2 Å². The van der Waals surface area contributed by atoms with Crippen LogP contribution >= 0.6 is 0 Å². The topological polar surface area (TPSA) is 34.0 Å². The zero-order valence-electron chi connectivity index (χ0n) is 10.5. The smallest absolute Gasteiger partial charge is 0.242 e. The van der Waals surface area contributed by atoms with Gasteiger partial charge in [0.15, 0.2) is 0 Å². The predicted molar refractivity (Wildman–Crippen MR) is 72.3 cm³/mol. The highest BCUT2D eigenvalue weighted by Crippen LogP contribution is 2.05. The van der Waals surface area contributed by atoms with Crippen LogP contribution in [0.5, 0.6) is 0 Å². The molecule has 1 unspecified atom stereocenters. The Morgan fingerprint density at radius 3 is 2.50 bits per heavy atom. The number of aromatic nitrogens is 1. The van der Waals surface area contributed by atoms with E-state index >= 15 is 0 Å². The van der Waals surface area contributed by atoms with Crippen molar-refractivity contribution in [1.82, 2.24) is 9.88 Å². The highest BCUT2D eigenvalue weighted by atomic mass is 16.2. The molecule has 0 fully saturated rings. The van der Waals surface area contributed by atoms with Crippen molar-refractivity contribution in [3.63, 3.8) is 0 Å². The molecule has 0 spiro atoms. The summed E-state index contributed by atoms with van der Waals surface area (Å²) in [6, 6.07) is 13.9. The van der Waals surface area contributed by atoms with Crippen LogP contribution in [0.3, 0.4) is 0 Å². The Balaban J connectivity index is 1.79. The van der Waals surface area contributed by atoms with Crippen molar-refractivity contribution in [2.24, 2.45) is 0 Å². The van der Waals surface area contributed by atoms with E-state index in [1.165, 1.54) is 5.56 Å². The van der Waals surface area contributed by atoms with E-state index in [0.29, 0.717) is 6.54 Å². The van der Waals surface area contributed by atoms with Gasteiger partial charge < -0.3 is 9.88 Å². The zero-order valence-corrected chi connectivity index (χ0v) is 10.5. The molecule has 0 aliphatic rings. The quantitative estimate of drug-likeness (QED) is 0.858. The van der Waals surface area contributed by atoms with Crippen molar-refractivity contribution in [2.75, 3.05) is 6.54 Å². The number of benzene rings is 1. The summed E-state index contributed by atoms with van der Waals surface area (Å²) >= 11 is 0. The summed E-state index contributed by atoms with van der Waals surface area (Å²) in [5, 5.41) is 2.96. The molecule has 1 aromatic carbocycles. The Bertz CT molecular complexity index is 476. The third kappa shape index (κ3) is 3.23. The van der Waals surface area contributed by atoms with Crippen LogP contribution < -0.4 is 5.32 Å². The van der Waals surface area contributed by atoms with Gasteiger partial charge in [-0.25, -0.2) is 0 Å². The first-order valence-corrected chi connectivity index (χ1v) is 6.21. The molecular weight excluding hydrogens is 224 g/mol. The van der Waals surface area contributed by atoms with Crippen molar-refractivity contribution in [3.8, 4) is 0 Å². The Kier molecular flexibility index (Phi) is 4.18. The first kappa shape index (κ1) is 12.4. The van der Waals surface area contributed by atoms with Gasteiger partial charge in [0.1, 0.15) is 6.04 Å². The minimum atomic E-state index is -0.157. The van der Waals surface area contributed by atoms with E-state index in [9.17, 15) is 4.79 Å². The molecule has 0 bridgehead atoms. The summed E-state index contributed by atoms with van der Waals surface area (Å²) in [7, 11) is 0. The first-order chi connectivity index (χ1) is 8.77. The highest BCUT2D eigenvalue weighted by molar-refractivity contribution is 5.79. The molecule has 94 valence electrons. The fourth-order valence-electron chi connectivity index (χ4n) is 1.86. The van der Waals surface area contributed by atoms with Gasteiger partial charge in [-0.2, -0.15) is 0 Å². The maximum absolute atomic E-state index is 11.9. The van der Waals surface area contributed by atoms with Crippen molar-refractivity contribution >= 4 is 5.91 Å². The lowest BCUT2D eigenvalue weighted by molar-refractivity contribution is -0.123. The molecule has 0 aliphatic carbocycles. The van der Waals surface area contributed by atoms with Crippen molar-refractivity contribution in [3.05, 3.63) is 60.4 Å². The lowest BCUT2D eigenvalue weighted by Crippen LogP contribution is -2.32. The maximum Gasteiger partial charge on any atom is 0.242 e. The van der Waals surface area contributed by atoms with Crippen LogP contribution in [0.15, 0.2) is 54.9 Å². The van der Waals surface area contributed by atoms with Crippen LogP contribution in [-0.4, -0.2) is 17.0 Å². The summed E-state index contributed by atoms with van der Waals surface area (Å²) in [6.45, 7) is 2.58. The van der Waals surface area contributed by atoms with Gasteiger partial charge in [0.25, 0.3) is 0 Å². The van der Waals surface area contributed by atoms with Crippen LogP contribution in [0.4, 0.5) is 0 Å². The normalized spacial score (nSPS) is 12.1. The second-order valence-electron chi connectivity index (χ2n) is 4.33. The number of nitrogens with one attached hydrogen (secondary N) is 1. The molecule has 1 atom stereocenters. The van der Waals surface area contributed by atoms with E-state index in [4.69, 9.17) is 0 Å². The second-order valence-corrected chi connectivity index (χ2v) is 4.33. The van der Waals surface area contributed by atoms with Crippen molar-refractivity contribution in [1.29, 1.82) is 0 Å². The summed E-state index contributed by atoms with van der Waals surface area (Å²) in [5.74, 6) is 0.0575. The monoisotopic (exact) mass is 242 g/mol. The second kappa shape index (κ2) is 6.05. The number of hydrogen-bond acceptors (Lipinski definition) is 1. The maximum atomic E-state index is 11.9. The fraction of sp³-hybridized carbons (Fsp3) is 0.267. The minimum Gasteiger partial charge on any atom is -0.354 e. The third-order valence-corrected chi connectivity index (χ3v) is 3.01. The fourth-order valence-corrected chi connectivity index (χ4v) is 1.86. The van der Waals surface area contributed by atoms with Gasteiger partial charge in [0.2, 0.25) is 5.91 Å². The van der Waals surface area contributed by atoms with Gasteiger partial charge in [0, 0.05) is 18.9 Å². The number of nitrogens with zero attached hydrogens (tertiary/aromatic N) is 1. The van der Waals surface area contributed by atoms with Gasteiger partial charge in [-0.3, -0.25) is 4.79 Å². The Labute approximate surface area is 107 Å². The molecule has 0 aliphatic heterocycles.